The first-order chi connectivity index (χ1) is 30.0. The normalized spacial score (nSPS) is 19.2. The summed E-state index contributed by atoms with van der Waals surface area (Å²) in [4.78, 5) is 68.7. The lowest BCUT2D eigenvalue weighted by molar-refractivity contribution is -0.138. The largest absolute Gasteiger partial charge is 0.453 e. The van der Waals surface area contributed by atoms with Gasteiger partial charge in [0.15, 0.2) is 0 Å². The monoisotopic (exact) mass is 843 g/mol. The lowest BCUT2D eigenvalue weighted by Gasteiger charge is -2.31. The van der Waals surface area contributed by atoms with E-state index in [4.69, 9.17) is 28.9 Å². The molecule has 3 aliphatic heterocycles. The van der Waals surface area contributed by atoms with Gasteiger partial charge in [0.1, 0.15) is 17.9 Å². The molecule has 0 saturated carbocycles. The Kier molecular flexibility index (Phi) is 12.3. The van der Waals surface area contributed by atoms with Crippen LogP contribution >= 0.6 is 0 Å². The van der Waals surface area contributed by atoms with Gasteiger partial charge in [0, 0.05) is 39.4 Å². The molecule has 4 amide bonds. The van der Waals surface area contributed by atoms with Crippen molar-refractivity contribution in [2.45, 2.75) is 82.3 Å². The number of rotatable bonds is 12. The van der Waals surface area contributed by atoms with Crippen LogP contribution in [0, 0.1) is 0 Å². The summed E-state index contributed by atoms with van der Waals surface area (Å²) >= 11 is 0. The Bertz CT molecular complexity index is 2550. The lowest BCUT2D eigenvalue weighted by Crippen LogP contribution is -2.56. The number of H-pyrrole nitrogens is 1. The van der Waals surface area contributed by atoms with E-state index in [0.29, 0.717) is 25.3 Å². The van der Waals surface area contributed by atoms with E-state index in [9.17, 15) is 19.2 Å². The molecule has 15 heteroatoms. The standard InChI is InChI=1S/C47H53N7O8/c1-26(59-3)41(51-46(57)61-5)44(55)53-19-7-9-39(53)38-25-34-23-32(15-17-35(34)48-38)30-12-11-29-22-31(14-13-28(29)21-30)33-16-18-36-37(24-33)50-43(49-36)40-10-8-20-54(40)45(56)42(27(2)60-4)52-47(58)62-6/h11-18,21-24,26-27,39-42H,7-10,19-20,25H2,1-6H3,(H,49,50)(H,51,57)(H,52,58)/t26-,27?,39+,40+,41+,42?/m1/s1. The van der Waals surface area contributed by atoms with E-state index < -0.39 is 36.5 Å². The first-order valence-corrected chi connectivity index (χ1v) is 21.1. The maximum Gasteiger partial charge on any atom is 0.407 e. The number of nitrogens with zero attached hydrogens (tertiary/aromatic N) is 4. The van der Waals surface area contributed by atoms with Crippen molar-refractivity contribution in [2.24, 2.45) is 4.99 Å². The average Bonchev–Trinajstić information content (AvgIpc) is 4.14. The third kappa shape index (κ3) is 8.34. The molecule has 6 atom stereocenters. The Morgan fingerprint density at radius 3 is 1.77 bits per heavy atom. The Balaban J connectivity index is 0.964. The van der Waals surface area contributed by atoms with Crippen LogP contribution in [0.4, 0.5) is 15.3 Å². The number of alkyl carbamates (subject to hydrolysis) is 2. The molecule has 4 heterocycles. The fourth-order valence-electron chi connectivity index (χ4n) is 9.02. The molecule has 2 fully saturated rings. The summed E-state index contributed by atoms with van der Waals surface area (Å²) in [5.41, 5.74) is 8.95. The second kappa shape index (κ2) is 18.0. The predicted octanol–water partition coefficient (Wildman–Crippen LogP) is 6.85. The zero-order valence-corrected chi connectivity index (χ0v) is 35.9. The second-order valence-corrected chi connectivity index (χ2v) is 16.2. The number of ether oxygens (including phenoxy) is 4. The highest BCUT2D eigenvalue weighted by molar-refractivity contribution is 6.01. The van der Waals surface area contributed by atoms with Crippen LogP contribution in [0.2, 0.25) is 0 Å². The number of aromatic nitrogens is 2. The number of aliphatic imine (C=N–C) groups is 1. The highest BCUT2D eigenvalue weighted by atomic mass is 16.5. The molecular formula is C47H53N7O8. The molecule has 2 unspecified atom stereocenters. The first kappa shape index (κ1) is 42.4. The first-order valence-electron chi connectivity index (χ1n) is 21.1. The third-order valence-corrected chi connectivity index (χ3v) is 12.6. The van der Waals surface area contributed by atoms with Crippen LogP contribution in [0.15, 0.2) is 77.8 Å². The van der Waals surface area contributed by atoms with Crippen molar-refractivity contribution >= 4 is 57.2 Å². The lowest BCUT2D eigenvalue weighted by atomic mass is 9.95. The van der Waals surface area contributed by atoms with Gasteiger partial charge in [0.2, 0.25) is 11.8 Å². The van der Waals surface area contributed by atoms with Crippen LogP contribution in [0.1, 0.15) is 57.0 Å². The Morgan fingerprint density at radius 2 is 1.19 bits per heavy atom. The summed E-state index contributed by atoms with van der Waals surface area (Å²) in [5.74, 6) is 0.257. The van der Waals surface area contributed by atoms with Gasteiger partial charge < -0.3 is 44.4 Å². The highest BCUT2D eigenvalue weighted by Crippen LogP contribution is 2.37. The molecule has 0 spiro atoms. The van der Waals surface area contributed by atoms with Crippen LogP contribution in [0.5, 0.6) is 0 Å². The number of carbonyl (C=O) groups is 4. The van der Waals surface area contributed by atoms with Gasteiger partial charge in [0.05, 0.1) is 55.2 Å². The van der Waals surface area contributed by atoms with Crippen molar-refractivity contribution < 1.29 is 38.1 Å². The number of amides is 4. The van der Waals surface area contributed by atoms with Crippen LogP contribution < -0.4 is 10.6 Å². The summed E-state index contributed by atoms with van der Waals surface area (Å²) in [5, 5.41) is 7.52. The minimum absolute atomic E-state index is 0.162. The fourth-order valence-corrected chi connectivity index (χ4v) is 9.02. The number of fused-ring (bicyclic) bond motifs is 3. The van der Waals surface area contributed by atoms with E-state index in [1.54, 1.807) is 18.7 Å². The minimum atomic E-state index is -0.900. The third-order valence-electron chi connectivity index (χ3n) is 12.6. The maximum absolute atomic E-state index is 13.8. The van der Waals surface area contributed by atoms with Crippen LogP contribution in [-0.4, -0.2) is 121 Å². The van der Waals surface area contributed by atoms with Crippen LogP contribution in [-0.2, 0) is 35.0 Å². The van der Waals surface area contributed by atoms with E-state index in [1.165, 1.54) is 28.4 Å². The van der Waals surface area contributed by atoms with E-state index in [-0.39, 0.29) is 23.9 Å². The molecule has 4 aromatic carbocycles. The summed E-state index contributed by atoms with van der Waals surface area (Å²) in [7, 11) is 5.56. The van der Waals surface area contributed by atoms with Gasteiger partial charge in [-0.05, 0) is 115 Å². The molecule has 3 aliphatic rings. The van der Waals surface area contributed by atoms with Gasteiger partial charge in [-0.1, -0.05) is 36.4 Å². The number of methoxy groups -OCH3 is 4. The predicted molar refractivity (Wildman–Crippen MR) is 235 cm³/mol. The number of likely N-dealkylation sites (tertiary alicyclic amines) is 2. The molecule has 2 saturated heterocycles. The van der Waals surface area contributed by atoms with E-state index in [0.717, 1.165) is 86.7 Å². The van der Waals surface area contributed by atoms with Crippen molar-refractivity contribution in [2.75, 3.05) is 41.5 Å². The number of nitrogens with one attached hydrogen (secondary N) is 3. The topological polar surface area (TPSA) is 177 Å². The summed E-state index contributed by atoms with van der Waals surface area (Å²) in [6, 6.07) is 23.3. The van der Waals surface area contributed by atoms with Gasteiger partial charge in [-0.2, -0.15) is 0 Å². The molecule has 0 bridgehead atoms. The Hall–Kier alpha value is -6.32. The summed E-state index contributed by atoms with van der Waals surface area (Å²) in [6.45, 7) is 4.62. The molecule has 3 N–H and O–H groups in total. The van der Waals surface area contributed by atoms with E-state index >= 15 is 0 Å². The van der Waals surface area contributed by atoms with Crippen molar-refractivity contribution in [3.8, 4) is 22.3 Å². The van der Waals surface area contributed by atoms with Gasteiger partial charge >= 0.3 is 12.2 Å². The van der Waals surface area contributed by atoms with E-state index in [2.05, 4.69) is 82.3 Å². The zero-order chi connectivity index (χ0) is 43.7. The maximum atomic E-state index is 13.8. The summed E-state index contributed by atoms with van der Waals surface area (Å²) < 4.78 is 20.4. The van der Waals surface area contributed by atoms with E-state index in [1.807, 2.05) is 11.0 Å². The number of carbonyl (C=O) groups excluding carboxylic acids is 4. The minimum Gasteiger partial charge on any atom is -0.453 e. The molecule has 5 aromatic rings. The smallest absolute Gasteiger partial charge is 0.407 e. The van der Waals surface area contributed by atoms with Gasteiger partial charge in [0.25, 0.3) is 0 Å². The molecule has 324 valence electrons. The molecule has 1 aromatic heterocycles. The molecule has 15 nitrogen and oxygen atoms in total. The number of aromatic amines is 1. The highest BCUT2D eigenvalue weighted by Gasteiger charge is 2.41. The molecule has 0 radical (unpaired) electrons. The van der Waals surface area contributed by atoms with Gasteiger partial charge in [-0.25, -0.2) is 14.6 Å². The Labute approximate surface area is 360 Å². The second-order valence-electron chi connectivity index (χ2n) is 16.2. The zero-order valence-electron chi connectivity index (χ0n) is 35.9. The van der Waals surface area contributed by atoms with Crippen LogP contribution in [0.3, 0.4) is 0 Å². The SMILES string of the molecule is COC(=O)NC(C(=O)N1CCC[C@H]1c1nc2ccc(-c3ccc4cc(-c5ccc6c(c5)CC([C@@H]5CCCN5C(=O)[C@@H](NC(=O)OC)[C@@H](C)OC)=N6)ccc4c3)cc2[nH]1)C(C)OC. The van der Waals surface area contributed by atoms with Crippen molar-refractivity contribution in [1.82, 2.24) is 30.4 Å². The van der Waals surface area contributed by atoms with Crippen molar-refractivity contribution in [1.29, 1.82) is 0 Å². The average molecular weight is 844 g/mol. The number of imidazole rings is 1. The molecule has 62 heavy (non-hydrogen) atoms. The molecule has 0 aliphatic carbocycles. The number of benzene rings is 4. The molecule has 8 rings (SSSR count). The van der Waals surface area contributed by atoms with Gasteiger partial charge in [-0.3, -0.25) is 14.6 Å². The van der Waals surface area contributed by atoms with Crippen molar-refractivity contribution in [3.05, 3.63) is 84.2 Å². The number of hydrogen-bond acceptors (Lipinski definition) is 10. The Morgan fingerprint density at radius 1 is 0.677 bits per heavy atom. The summed E-state index contributed by atoms with van der Waals surface area (Å²) in [6.07, 6.45) is 1.38. The number of hydrogen-bond donors (Lipinski definition) is 3. The molecular weight excluding hydrogens is 791 g/mol. The van der Waals surface area contributed by atoms with Crippen molar-refractivity contribution in [3.63, 3.8) is 0 Å². The van der Waals surface area contributed by atoms with Gasteiger partial charge in [-0.15, -0.1) is 0 Å². The quantitative estimate of drug-likeness (QED) is 0.121. The van der Waals surface area contributed by atoms with Crippen LogP contribution in [0.25, 0.3) is 44.1 Å². The fraction of sp³-hybridized carbons (Fsp3) is 0.404.